The molecule has 2 rings (SSSR count). The summed E-state index contributed by atoms with van der Waals surface area (Å²) in [5, 5.41) is 1.95. The second-order valence-electron chi connectivity index (χ2n) is 4.75. The third-order valence-corrected chi connectivity index (χ3v) is 3.07. The Hall–Kier alpha value is -1.96. The molecular weight excluding hydrogens is 224 g/mol. The Balaban J connectivity index is 2.36. The molecule has 0 saturated carbocycles. The van der Waals surface area contributed by atoms with Crippen molar-refractivity contribution in [3.05, 3.63) is 48.0 Å². The number of hydrogen-bond donors (Lipinski definition) is 0. The highest BCUT2D eigenvalue weighted by molar-refractivity contribution is 6.14. The molecule has 2 heteroatoms. The van der Waals surface area contributed by atoms with Crippen molar-refractivity contribution in [2.24, 2.45) is 5.92 Å². The van der Waals surface area contributed by atoms with Crippen molar-refractivity contribution in [3.8, 4) is 0 Å². The Kier molecular flexibility index (Phi) is 3.56. The normalized spacial score (nSPS) is 10.8. The summed E-state index contributed by atoms with van der Waals surface area (Å²) < 4.78 is 0. The van der Waals surface area contributed by atoms with Crippen molar-refractivity contribution in [1.82, 2.24) is 0 Å². The summed E-state index contributed by atoms with van der Waals surface area (Å²) in [6.45, 7) is 3.64. The van der Waals surface area contributed by atoms with Crippen LogP contribution in [-0.2, 0) is 4.79 Å². The van der Waals surface area contributed by atoms with Gasteiger partial charge in [-0.3, -0.25) is 9.59 Å². The lowest BCUT2D eigenvalue weighted by Gasteiger charge is -2.06. The summed E-state index contributed by atoms with van der Waals surface area (Å²) in [5.74, 6) is -0.192. The highest BCUT2D eigenvalue weighted by Gasteiger charge is 2.16. The van der Waals surface area contributed by atoms with E-state index in [1.807, 2.05) is 50.2 Å². The predicted octanol–water partition coefficient (Wildman–Crippen LogP) is 3.64. The molecule has 0 aliphatic rings. The zero-order valence-electron chi connectivity index (χ0n) is 10.6. The van der Waals surface area contributed by atoms with Crippen LogP contribution < -0.4 is 0 Å². The van der Waals surface area contributed by atoms with Crippen LogP contribution in [0.4, 0.5) is 0 Å². The zero-order valence-corrected chi connectivity index (χ0v) is 10.6. The largest absolute Gasteiger partial charge is 0.299 e. The van der Waals surface area contributed by atoms with E-state index in [0.717, 1.165) is 10.8 Å². The molecule has 0 atom stereocenters. The van der Waals surface area contributed by atoms with Gasteiger partial charge in [-0.15, -0.1) is 0 Å². The first-order valence-electron chi connectivity index (χ1n) is 6.13. The van der Waals surface area contributed by atoms with Gasteiger partial charge in [-0.2, -0.15) is 0 Å². The van der Waals surface area contributed by atoms with E-state index in [1.165, 1.54) is 0 Å². The topological polar surface area (TPSA) is 34.1 Å². The lowest BCUT2D eigenvalue weighted by molar-refractivity contribution is -0.121. The molecule has 0 aliphatic heterocycles. The van der Waals surface area contributed by atoms with E-state index in [2.05, 4.69) is 0 Å². The SMILES string of the molecule is CC(C)C(=O)CC(=O)c1cccc2ccccc12. The smallest absolute Gasteiger partial charge is 0.170 e. The van der Waals surface area contributed by atoms with Crippen molar-refractivity contribution in [2.75, 3.05) is 0 Å². The van der Waals surface area contributed by atoms with Gasteiger partial charge in [0.25, 0.3) is 0 Å². The van der Waals surface area contributed by atoms with Crippen molar-refractivity contribution < 1.29 is 9.59 Å². The van der Waals surface area contributed by atoms with Gasteiger partial charge < -0.3 is 0 Å². The summed E-state index contributed by atoms with van der Waals surface area (Å²) in [6.07, 6.45) is -0.00826. The molecule has 0 radical (unpaired) electrons. The lowest BCUT2D eigenvalue weighted by Crippen LogP contribution is -2.13. The van der Waals surface area contributed by atoms with Crippen molar-refractivity contribution >= 4 is 22.3 Å². The molecule has 0 fully saturated rings. The molecule has 0 saturated heterocycles. The van der Waals surface area contributed by atoms with Gasteiger partial charge >= 0.3 is 0 Å². The Morgan fingerprint density at radius 1 is 1.00 bits per heavy atom. The van der Waals surface area contributed by atoms with Crippen molar-refractivity contribution in [2.45, 2.75) is 20.3 Å². The summed E-state index contributed by atoms with van der Waals surface area (Å²) in [6, 6.07) is 13.3. The van der Waals surface area contributed by atoms with Gasteiger partial charge in [-0.05, 0) is 10.8 Å². The van der Waals surface area contributed by atoms with Gasteiger partial charge in [-0.25, -0.2) is 0 Å². The quantitative estimate of drug-likeness (QED) is 0.604. The van der Waals surface area contributed by atoms with E-state index in [1.54, 1.807) is 6.07 Å². The second-order valence-corrected chi connectivity index (χ2v) is 4.75. The van der Waals surface area contributed by atoms with E-state index in [0.29, 0.717) is 5.56 Å². The molecule has 0 N–H and O–H groups in total. The van der Waals surface area contributed by atoms with Crippen LogP contribution in [0.2, 0.25) is 0 Å². The van der Waals surface area contributed by atoms with Gasteiger partial charge in [0.2, 0.25) is 0 Å². The fourth-order valence-corrected chi connectivity index (χ4v) is 1.93. The number of carbonyl (C=O) groups is 2. The average Bonchev–Trinajstić information content (AvgIpc) is 2.37. The Morgan fingerprint density at radius 2 is 1.67 bits per heavy atom. The molecular formula is C16H16O2. The molecule has 0 heterocycles. The van der Waals surface area contributed by atoms with Crippen LogP contribution in [0.25, 0.3) is 10.8 Å². The van der Waals surface area contributed by atoms with Crippen molar-refractivity contribution in [1.29, 1.82) is 0 Å². The molecule has 0 unspecified atom stereocenters. The standard InChI is InChI=1S/C16H16O2/c1-11(2)15(17)10-16(18)14-9-5-7-12-6-3-4-8-13(12)14/h3-9,11H,10H2,1-2H3. The van der Waals surface area contributed by atoms with Crippen LogP contribution in [0.5, 0.6) is 0 Å². The summed E-state index contributed by atoms with van der Waals surface area (Å²) in [7, 11) is 0. The van der Waals surface area contributed by atoms with Crippen LogP contribution in [-0.4, -0.2) is 11.6 Å². The summed E-state index contributed by atoms with van der Waals surface area (Å²) in [5.41, 5.74) is 0.641. The number of hydrogen-bond acceptors (Lipinski definition) is 2. The molecule has 2 aromatic rings. The Bertz CT molecular complexity index is 592. The van der Waals surface area contributed by atoms with Crippen molar-refractivity contribution in [3.63, 3.8) is 0 Å². The molecule has 92 valence electrons. The lowest BCUT2D eigenvalue weighted by atomic mass is 9.96. The maximum absolute atomic E-state index is 12.2. The van der Waals surface area contributed by atoms with E-state index >= 15 is 0 Å². The molecule has 0 bridgehead atoms. The highest BCUT2D eigenvalue weighted by Crippen LogP contribution is 2.20. The molecule has 18 heavy (non-hydrogen) atoms. The number of ketones is 2. The third kappa shape index (κ3) is 2.48. The van der Waals surface area contributed by atoms with Gasteiger partial charge in [0.15, 0.2) is 5.78 Å². The second kappa shape index (κ2) is 5.13. The van der Waals surface area contributed by atoms with E-state index in [-0.39, 0.29) is 23.9 Å². The minimum atomic E-state index is -0.0936. The van der Waals surface area contributed by atoms with E-state index in [4.69, 9.17) is 0 Å². The molecule has 0 aliphatic carbocycles. The maximum atomic E-state index is 12.2. The Labute approximate surface area is 107 Å². The van der Waals surface area contributed by atoms with Crippen LogP contribution >= 0.6 is 0 Å². The number of rotatable bonds is 4. The number of Topliss-reactive ketones (excluding diaryl/α,β-unsaturated/α-hetero) is 2. The third-order valence-electron chi connectivity index (χ3n) is 3.07. The van der Waals surface area contributed by atoms with Gasteiger partial charge in [0.05, 0.1) is 6.42 Å². The fraction of sp³-hybridized carbons (Fsp3) is 0.250. The van der Waals surface area contributed by atoms with Gasteiger partial charge in [0.1, 0.15) is 5.78 Å². The zero-order chi connectivity index (χ0) is 13.1. The first kappa shape index (κ1) is 12.5. The molecule has 2 aromatic carbocycles. The number of benzene rings is 2. The number of fused-ring (bicyclic) bond motifs is 1. The first-order valence-corrected chi connectivity index (χ1v) is 6.13. The highest BCUT2D eigenvalue weighted by atomic mass is 16.1. The average molecular weight is 240 g/mol. The van der Waals surface area contributed by atoms with Crippen LogP contribution in [0.1, 0.15) is 30.6 Å². The predicted molar refractivity (Wildman–Crippen MR) is 72.7 cm³/mol. The van der Waals surface area contributed by atoms with E-state index in [9.17, 15) is 9.59 Å². The van der Waals surface area contributed by atoms with Crippen LogP contribution in [0.15, 0.2) is 42.5 Å². The van der Waals surface area contributed by atoms with Gasteiger partial charge in [0, 0.05) is 11.5 Å². The minimum absolute atomic E-state index is 0.00654. The Morgan fingerprint density at radius 3 is 2.39 bits per heavy atom. The van der Waals surface area contributed by atoms with Gasteiger partial charge in [-0.1, -0.05) is 56.3 Å². The molecule has 0 amide bonds. The van der Waals surface area contributed by atoms with E-state index < -0.39 is 0 Å². The monoisotopic (exact) mass is 240 g/mol. The fourth-order valence-electron chi connectivity index (χ4n) is 1.93. The number of carbonyl (C=O) groups excluding carboxylic acids is 2. The minimum Gasteiger partial charge on any atom is -0.299 e. The molecule has 2 nitrogen and oxygen atoms in total. The summed E-state index contributed by atoms with van der Waals surface area (Å²) >= 11 is 0. The molecule has 0 spiro atoms. The molecule has 0 aromatic heterocycles. The van der Waals surface area contributed by atoms with Crippen LogP contribution in [0.3, 0.4) is 0 Å². The summed E-state index contributed by atoms with van der Waals surface area (Å²) in [4.78, 5) is 23.8. The first-order chi connectivity index (χ1) is 8.59. The van der Waals surface area contributed by atoms with Crippen LogP contribution in [0, 0.1) is 5.92 Å². The maximum Gasteiger partial charge on any atom is 0.170 e.